The molecule has 94 valence electrons. The van der Waals surface area contributed by atoms with Crippen molar-refractivity contribution >= 4 is 15.9 Å². The molecular formula is C13H23BrO2. The molecule has 2 fully saturated rings. The first-order valence-corrected chi connectivity index (χ1v) is 7.19. The van der Waals surface area contributed by atoms with Crippen LogP contribution in [0.15, 0.2) is 0 Å². The van der Waals surface area contributed by atoms with Crippen molar-refractivity contribution in [3.63, 3.8) is 0 Å². The number of ether oxygens (including phenoxy) is 1. The first-order chi connectivity index (χ1) is 7.27. The normalized spacial score (nSPS) is 52.1. The average molecular weight is 291 g/mol. The van der Waals surface area contributed by atoms with Gasteiger partial charge in [-0.15, -0.1) is 0 Å². The zero-order chi connectivity index (χ0) is 12.1. The fourth-order valence-electron chi connectivity index (χ4n) is 3.85. The van der Waals surface area contributed by atoms with Crippen LogP contribution in [0.25, 0.3) is 0 Å². The predicted molar refractivity (Wildman–Crippen MR) is 68.8 cm³/mol. The molecule has 1 N–H and O–H groups in total. The maximum atomic E-state index is 10.2. The third kappa shape index (κ3) is 1.85. The summed E-state index contributed by atoms with van der Waals surface area (Å²) in [5, 5.41) is 10.2. The SMILES string of the molecule is C[C@H]1CC[C@@H]2C(C)(C)C[C@H](O)[C@@H](Br)[C@]2(C)O1. The fourth-order valence-corrected chi connectivity index (χ4v) is 4.47. The maximum Gasteiger partial charge on any atom is 0.0840 e. The number of fused-ring (bicyclic) bond motifs is 1. The quantitative estimate of drug-likeness (QED) is 0.695. The van der Waals surface area contributed by atoms with E-state index in [4.69, 9.17) is 4.74 Å². The Labute approximate surface area is 107 Å². The standard InChI is InChI=1S/C13H23BrO2/c1-8-5-6-10-12(2,3)7-9(15)11(14)13(10,4)16-8/h8-11,15H,5-7H2,1-4H3/t8-,9-,10+,11+,13+/m0/s1. The molecule has 0 aromatic carbocycles. The van der Waals surface area contributed by atoms with E-state index in [0.717, 1.165) is 12.8 Å². The zero-order valence-corrected chi connectivity index (χ0v) is 12.3. The molecule has 2 aliphatic rings. The Bertz CT molecular complexity index is 279. The van der Waals surface area contributed by atoms with Crippen molar-refractivity contribution < 1.29 is 9.84 Å². The molecule has 0 aromatic rings. The van der Waals surface area contributed by atoms with Gasteiger partial charge in [-0.05, 0) is 44.4 Å². The van der Waals surface area contributed by atoms with Gasteiger partial charge in [0.15, 0.2) is 0 Å². The van der Waals surface area contributed by atoms with E-state index in [0.29, 0.717) is 12.0 Å². The average Bonchev–Trinajstić information content (AvgIpc) is 2.13. The van der Waals surface area contributed by atoms with E-state index in [1.54, 1.807) is 0 Å². The number of alkyl halides is 1. The molecule has 16 heavy (non-hydrogen) atoms. The predicted octanol–water partition coefficient (Wildman–Crippen LogP) is 3.11. The van der Waals surface area contributed by atoms with Gasteiger partial charge in [0.25, 0.3) is 0 Å². The molecule has 1 aliphatic heterocycles. The van der Waals surface area contributed by atoms with Crippen LogP contribution in [0, 0.1) is 11.3 Å². The highest BCUT2D eigenvalue weighted by Crippen LogP contribution is 2.54. The molecule has 5 atom stereocenters. The second-order valence-electron chi connectivity index (χ2n) is 6.40. The highest BCUT2D eigenvalue weighted by molar-refractivity contribution is 9.09. The monoisotopic (exact) mass is 290 g/mol. The number of hydrogen-bond donors (Lipinski definition) is 1. The Morgan fingerprint density at radius 2 is 1.88 bits per heavy atom. The summed E-state index contributed by atoms with van der Waals surface area (Å²) in [6.45, 7) is 8.82. The van der Waals surface area contributed by atoms with Crippen LogP contribution in [0.5, 0.6) is 0 Å². The highest BCUT2D eigenvalue weighted by Gasteiger charge is 2.57. The van der Waals surface area contributed by atoms with Gasteiger partial charge in [-0.3, -0.25) is 0 Å². The van der Waals surface area contributed by atoms with Gasteiger partial charge >= 0.3 is 0 Å². The van der Waals surface area contributed by atoms with E-state index < -0.39 is 0 Å². The van der Waals surface area contributed by atoms with Gasteiger partial charge in [0.1, 0.15) is 0 Å². The number of rotatable bonds is 0. The Kier molecular flexibility index (Phi) is 3.18. The second-order valence-corrected chi connectivity index (χ2v) is 7.39. The van der Waals surface area contributed by atoms with Crippen LogP contribution in [0.2, 0.25) is 0 Å². The Hall–Kier alpha value is 0.400. The molecule has 0 bridgehead atoms. The van der Waals surface area contributed by atoms with E-state index in [9.17, 15) is 5.11 Å². The lowest BCUT2D eigenvalue weighted by atomic mass is 9.58. The molecule has 3 heteroatoms. The zero-order valence-electron chi connectivity index (χ0n) is 10.7. The van der Waals surface area contributed by atoms with Crippen molar-refractivity contribution in [3.8, 4) is 0 Å². The van der Waals surface area contributed by atoms with E-state index in [2.05, 4.69) is 43.6 Å². The van der Waals surface area contributed by atoms with Crippen LogP contribution >= 0.6 is 15.9 Å². The highest BCUT2D eigenvalue weighted by atomic mass is 79.9. The van der Waals surface area contributed by atoms with Gasteiger partial charge in [-0.2, -0.15) is 0 Å². The molecule has 0 amide bonds. The van der Waals surface area contributed by atoms with Crippen LogP contribution in [0.1, 0.15) is 47.0 Å². The first-order valence-electron chi connectivity index (χ1n) is 6.27. The van der Waals surface area contributed by atoms with Crippen LogP contribution in [-0.2, 0) is 4.74 Å². The molecule has 0 unspecified atom stereocenters. The van der Waals surface area contributed by atoms with Crippen molar-refractivity contribution in [2.45, 2.75) is 69.6 Å². The molecule has 1 aliphatic carbocycles. The Balaban J connectivity index is 2.33. The van der Waals surface area contributed by atoms with Crippen LogP contribution < -0.4 is 0 Å². The van der Waals surface area contributed by atoms with Gasteiger partial charge in [0, 0.05) is 0 Å². The molecule has 1 heterocycles. The van der Waals surface area contributed by atoms with Crippen LogP contribution in [0.3, 0.4) is 0 Å². The van der Waals surface area contributed by atoms with E-state index in [-0.39, 0.29) is 21.9 Å². The largest absolute Gasteiger partial charge is 0.392 e. The lowest BCUT2D eigenvalue weighted by Gasteiger charge is -2.58. The molecule has 1 saturated heterocycles. The van der Waals surface area contributed by atoms with Crippen LogP contribution in [-0.4, -0.2) is 27.7 Å². The van der Waals surface area contributed by atoms with Gasteiger partial charge in [0.05, 0.1) is 22.6 Å². The summed E-state index contributed by atoms with van der Waals surface area (Å²) in [7, 11) is 0. The number of hydrogen-bond acceptors (Lipinski definition) is 2. The molecule has 2 nitrogen and oxygen atoms in total. The number of aliphatic hydroxyl groups excluding tert-OH is 1. The summed E-state index contributed by atoms with van der Waals surface area (Å²) in [5.41, 5.74) is -0.0581. The molecular weight excluding hydrogens is 268 g/mol. The third-order valence-electron chi connectivity index (χ3n) is 4.57. The van der Waals surface area contributed by atoms with Crippen molar-refractivity contribution in [2.24, 2.45) is 11.3 Å². The number of halogens is 1. The fraction of sp³-hybridized carbons (Fsp3) is 1.00. The van der Waals surface area contributed by atoms with Gasteiger partial charge < -0.3 is 9.84 Å². The van der Waals surface area contributed by atoms with Gasteiger partial charge in [-0.25, -0.2) is 0 Å². The van der Waals surface area contributed by atoms with E-state index in [1.165, 1.54) is 6.42 Å². The smallest absolute Gasteiger partial charge is 0.0840 e. The van der Waals surface area contributed by atoms with E-state index >= 15 is 0 Å². The van der Waals surface area contributed by atoms with Crippen molar-refractivity contribution in [2.75, 3.05) is 0 Å². The van der Waals surface area contributed by atoms with Crippen molar-refractivity contribution in [1.82, 2.24) is 0 Å². The summed E-state index contributed by atoms with van der Waals surface area (Å²) >= 11 is 3.66. The minimum Gasteiger partial charge on any atom is -0.392 e. The molecule has 1 saturated carbocycles. The summed E-state index contributed by atoms with van der Waals surface area (Å²) in [6.07, 6.45) is 3.21. The lowest BCUT2D eigenvalue weighted by Crippen LogP contribution is -2.63. The molecule has 0 radical (unpaired) electrons. The first kappa shape index (κ1) is 12.8. The van der Waals surface area contributed by atoms with Gasteiger partial charge in [-0.1, -0.05) is 29.8 Å². The second kappa shape index (κ2) is 3.96. The van der Waals surface area contributed by atoms with Crippen LogP contribution in [0.4, 0.5) is 0 Å². The minimum absolute atomic E-state index is 0.0563. The summed E-state index contributed by atoms with van der Waals surface area (Å²) in [6, 6.07) is 0. The molecule has 0 spiro atoms. The summed E-state index contributed by atoms with van der Waals surface area (Å²) in [5.74, 6) is 0.531. The Morgan fingerprint density at radius 3 is 2.50 bits per heavy atom. The van der Waals surface area contributed by atoms with E-state index in [1.807, 2.05) is 0 Å². The third-order valence-corrected chi connectivity index (χ3v) is 6.09. The summed E-state index contributed by atoms with van der Waals surface area (Å²) < 4.78 is 6.19. The Morgan fingerprint density at radius 1 is 1.25 bits per heavy atom. The van der Waals surface area contributed by atoms with Gasteiger partial charge in [0.2, 0.25) is 0 Å². The molecule has 0 aromatic heterocycles. The molecule has 2 rings (SSSR count). The minimum atomic E-state index is -0.304. The maximum absolute atomic E-state index is 10.2. The number of aliphatic hydroxyl groups is 1. The summed E-state index contributed by atoms with van der Waals surface area (Å²) in [4.78, 5) is 0.0563. The lowest BCUT2D eigenvalue weighted by molar-refractivity contribution is -0.207. The van der Waals surface area contributed by atoms with Crippen molar-refractivity contribution in [1.29, 1.82) is 0 Å². The van der Waals surface area contributed by atoms with Crippen molar-refractivity contribution in [3.05, 3.63) is 0 Å². The topological polar surface area (TPSA) is 29.5 Å².